The molecule has 2 saturated heterocycles. The van der Waals surface area contributed by atoms with Gasteiger partial charge in [0.2, 0.25) is 0 Å². The largest absolute Gasteiger partial charge is 0.379 e. The van der Waals surface area contributed by atoms with Gasteiger partial charge in [-0.05, 0) is 23.0 Å². The Morgan fingerprint density at radius 1 is 1.15 bits per heavy atom. The lowest BCUT2D eigenvalue weighted by molar-refractivity contribution is 0.0195. The number of ether oxygens (including phenoxy) is 1. The van der Waals surface area contributed by atoms with E-state index in [0.717, 1.165) is 51.9 Å². The first-order valence-corrected chi connectivity index (χ1v) is 9.84. The van der Waals surface area contributed by atoms with E-state index in [1.807, 2.05) is 7.05 Å². The highest BCUT2D eigenvalue weighted by Gasteiger charge is 2.30. The van der Waals surface area contributed by atoms with Crippen LogP contribution in [0.2, 0.25) is 0 Å². The molecule has 2 fully saturated rings. The molecular weight excluding hydrogens is 451 g/mol. The normalized spacial score (nSPS) is 21.9. The molecule has 0 amide bonds. The van der Waals surface area contributed by atoms with Gasteiger partial charge in [0.15, 0.2) is 5.96 Å². The lowest BCUT2D eigenvalue weighted by Gasteiger charge is -2.32. The van der Waals surface area contributed by atoms with Crippen LogP contribution < -0.4 is 5.32 Å². The monoisotopic (exact) mass is 486 g/mol. The Kier molecular flexibility index (Phi) is 8.37. The van der Waals surface area contributed by atoms with Gasteiger partial charge in [0.25, 0.3) is 0 Å². The minimum absolute atomic E-state index is 0. The number of hydrogen-bond acceptors (Lipinski definition) is 3. The fourth-order valence-corrected chi connectivity index (χ4v) is 3.81. The number of morpholine rings is 1. The number of benzene rings is 1. The van der Waals surface area contributed by atoms with Gasteiger partial charge in [-0.1, -0.05) is 45.0 Å². The molecule has 1 unspecified atom stereocenters. The zero-order valence-electron chi connectivity index (χ0n) is 17.2. The van der Waals surface area contributed by atoms with Crippen molar-refractivity contribution in [1.29, 1.82) is 0 Å². The SMILES string of the molecule is CN=C(NCc1ccc(C(C)(C)C)cc1)N1CCC(N2CCOCC2)C1.I. The molecule has 2 aliphatic rings. The number of aliphatic imine (C=N–C) groups is 1. The first-order chi connectivity index (χ1) is 12.5. The number of halogens is 1. The molecule has 6 heteroatoms. The summed E-state index contributed by atoms with van der Waals surface area (Å²) >= 11 is 0. The van der Waals surface area contributed by atoms with E-state index < -0.39 is 0 Å². The summed E-state index contributed by atoms with van der Waals surface area (Å²) < 4.78 is 5.48. The van der Waals surface area contributed by atoms with Crippen molar-refractivity contribution in [3.05, 3.63) is 35.4 Å². The topological polar surface area (TPSA) is 40.1 Å². The maximum atomic E-state index is 5.48. The van der Waals surface area contributed by atoms with Gasteiger partial charge in [0.05, 0.1) is 13.2 Å². The molecule has 152 valence electrons. The fourth-order valence-electron chi connectivity index (χ4n) is 3.81. The summed E-state index contributed by atoms with van der Waals surface area (Å²) in [4.78, 5) is 9.47. The third kappa shape index (κ3) is 6.06. The number of hydrogen-bond donors (Lipinski definition) is 1. The van der Waals surface area contributed by atoms with E-state index in [1.54, 1.807) is 0 Å². The first kappa shape index (κ1) is 22.4. The summed E-state index contributed by atoms with van der Waals surface area (Å²) in [6.45, 7) is 13.6. The van der Waals surface area contributed by atoms with E-state index >= 15 is 0 Å². The van der Waals surface area contributed by atoms with Crippen molar-refractivity contribution in [2.75, 3.05) is 46.4 Å². The molecule has 1 N–H and O–H groups in total. The quantitative estimate of drug-likeness (QED) is 0.405. The first-order valence-electron chi connectivity index (χ1n) is 9.84. The maximum absolute atomic E-state index is 5.48. The van der Waals surface area contributed by atoms with Crippen molar-refractivity contribution < 1.29 is 4.74 Å². The second kappa shape index (κ2) is 10.1. The predicted molar refractivity (Wildman–Crippen MR) is 123 cm³/mol. The Morgan fingerprint density at radius 2 is 1.81 bits per heavy atom. The van der Waals surface area contributed by atoms with Crippen molar-refractivity contribution in [3.8, 4) is 0 Å². The van der Waals surface area contributed by atoms with Gasteiger partial charge < -0.3 is 15.0 Å². The third-order valence-electron chi connectivity index (χ3n) is 5.51. The lowest BCUT2D eigenvalue weighted by Crippen LogP contribution is -2.46. The van der Waals surface area contributed by atoms with Crippen molar-refractivity contribution in [1.82, 2.24) is 15.1 Å². The molecule has 3 rings (SSSR count). The third-order valence-corrected chi connectivity index (χ3v) is 5.51. The van der Waals surface area contributed by atoms with Crippen molar-refractivity contribution >= 4 is 29.9 Å². The van der Waals surface area contributed by atoms with Gasteiger partial charge in [0, 0.05) is 45.8 Å². The number of nitrogens with zero attached hydrogens (tertiary/aromatic N) is 3. The Hall–Kier alpha value is -0.860. The molecule has 0 aromatic heterocycles. The van der Waals surface area contributed by atoms with Gasteiger partial charge in [0.1, 0.15) is 0 Å². The summed E-state index contributed by atoms with van der Waals surface area (Å²) in [5, 5.41) is 3.54. The molecule has 0 radical (unpaired) electrons. The van der Waals surface area contributed by atoms with Crippen LogP contribution in [0.4, 0.5) is 0 Å². The van der Waals surface area contributed by atoms with Gasteiger partial charge in [-0.2, -0.15) is 0 Å². The van der Waals surface area contributed by atoms with E-state index in [4.69, 9.17) is 4.74 Å². The van der Waals surface area contributed by atoms with Crippen LogP contribution in [0.5, 0.6) is 0 Å². The Labute approximate surface area is 181 Å². The highest BCUT2D eigenvalue weighted by Crippen LogP contribution is 2.22. The molecule has 1 aromatic rings. The minimum Gasteiger partial charge on any atom is -0.379 e. The molecule has 0 saturated carbocycles. The van der Waals surface area contributed by atoms with Crippen LogP contribution in [0, 0.1) is 0 Å². The molecule has 2 aliphatic heterocycles. The number of rotatable bonds is 3. The van der Waals surface area contributed by atoms with Gasteiger partial charge in [-0.15, -0.1) is 24.0 Å². The van der Waals surface area contributed by atoms with Crippen molar-refractivity contribution in [2.24, 2.45) is 4.99 Å². The lowest BCUT2D eigenvalue weighted by atomic mass is 9.87. The summed E-state index contributed by atoms with van der Waals surface area (Å²) in [5.74, 6) is 1.01. The molecule has 0 bridgehead atoms. The summed E-state index contributed by atoms with van der Waals surface area (Å²) in [6, 6.07) is 9.56. The maximum Gasteiger partial charge on any atom is 0.193 e. The van der Waals surface area contributed by atoms with Crippen LogP contribution in [0.15, 0.2) is 29.3 Å². The van der Waals surface area contributed by atoms with Crippen LogP contribution in [0.1, 0.15) is 38.3 Å². The van der Waals surface area contributed by atoms with Crippen molar-refractivity contribution in [2.45, 2.75) is 45.2 Å². The molecule has 2 heterocycles. The Morgan fingerprint density at radius 3 is 2.41 bits per heavy atom. The molecule has 27 heavy (non-hydrogen) atoms. The number of likely N-dealkylation sites (tertiary alicyclic amines) is 1. The Balaban J connectivity index is 0.00000261. The summed E-state index contributed by atoms with van der Waals surface area (Å²) in [5.41, 5.74) is 2.87. The second-order valence-corrected chi connectivity index (χ2v) is 8.38. The standard InChI is InChI=1S/C21H34N4O.HI/c1-21(2,3)18-7-5-17(6-8-18)15-23-20(22-4)25-10-9-19(16-25)24-11-13-26-14-12-24;/h5-8,19H,9-16H2,1-4H3,(H,22,23);1H. The molecule has 1 aromatic carbocycles. The zero-order chi connectivity index (χ0) is 18.6. The zero-order valence-corrected chi connectivity index (χ0v) is 19.5. The smallest absolute Gasteiger partial charge is 0.193 e. The molecule has 0 spiro atoms. The number of nitrogens with one attached hydrogen (secondary N) is 1. The van der Waals surface area contributed by atoms with Gasteiger partial charge >= 0.3 is 0 Å². The van der Waals surface area contributed by atoms with Crippen molar-refractivity contribution in [3.63, 3.8) is 0 Å². The number of guanidine groups is 1. The Bertz CT molecular complexity index is 606. The van der Waals surface area contributed by atoms with E-state index in [0.29, 0.717) is 6.04 Å². The predicted octanol–water partition coefficient (Wildman–Crippen LogP) is 3.08. The van der Waals surface area contributed by atoms with E-state index in [-0.39, 0.29) is 29.4 Å². The van der Waals surface area contributed by atoms with E-state index in [2.05, 4.69) is 65.1 Å². The fraction of sp³-hybridized carbons (Fsp3) is 0.667. The second-order valence-electron chi connectivity index (χ2n) is 8.38. The average molecular weight is 486 g/mol. The minimum atomic E-state index is 0. The molecule has 1 atom stereocenters. The van der Waals surface area contributed by atoms with Gasteiger partial charge in [-0.3, -0.25) is 9.89 Å². The summed E-state index contributed by atoms with van der Waals surface area (Å²) in [6.07, 6.45) is 1.21. The van der Waals surface area contributed by atoms with Crippen LogP contribution >= 0.6 is 24.0 Å². The van der Waals surface area contributed by atoms with E-state index in [9.17, 15) is 0 Å². The summed E-state index contributed by atoms with van der Waals surface area (Å²) in [7, 11) is 1.88. The van der Waals surface area contributed by atoms with Crippen LogP contribution in [0.25, 0.3) is 0 Å². The van der Waals surface area contributed by atoms with Crippen LogP contribution in [-0.2, 0) is 16.7 Å². The highest BCUT2D eigenvalue weighted by atomic mass is 127. The van der Waals surface area contributed by atoms with Crippen LogP contribution in [-0.4, -0.2) is 68.2 Å². The van der Waals surface area contributed by atoms with Crippen LogP contribution in [0.3, 0.4) is 0 Å². The molecule has 0 aliphatic carbocycles. The van der Waals surface area contributed by atoms with E-state index in [1.165, 1.54) is 17.5 Å². The average Bonchev–Trinajstić information content (AvgIpc) is 3.13. The van der Waals surface area contributed by atoms with Gasteiger partial charge in [-0.25, -0.2) is 0 Å². The molecular formula is C21H35IN4O. The highest BCUT2D eigenvalue weighted by molar-refractivity contribution is 14.0. The molecule has 5 nitrogen and oxygen atoms in total.